The molecule has 3 nitrogen and oxygen atoms in total. The van der Waals surface area contributed by atoms with Crippen molar-refractivity contribution in [1.82, 2.24) is 9.80 Å². The monoisotopic (exact) mass is 241 g/mol. The fourth-order valence-electron chi connectivity index (χ4n) is 2.84. The van der Waals surface area contributed by atoms with Crippen molar-refractivity contribution in [2.75, 3.05) is 40.3 Å². The molecule has 1 atom stereocenters. The van der Waals surface area contributed by atoms with E-state index in [0.29, 0.717) is 12.0 Å². The first kappa shape index (κ1) is 14.9. The smallest absolute Gasteiger partial charge is 0.0170 e. The highest BCUT2D eigenvalue weighted by molar-refractivity contribution is 4.74. The zero-order chi connectivity index (χ0) is 12.8. The number of nitrogens with two attached hydrogens (primary N) is 1. The second-order valence-electron chi connectivity index (χ2n) is 6.36. The Labute approximate surface area is 107 Å². The quantitative estimate of drug-likeness (QED) is 0.767. The van der Waals surface area contributed by atoms with E-state index < -0.39 is 0 Å². The molecule has 0 saturated carbocycles. The molecule has 0 aromatic heterocycles. The van der Waals surface area contributed by atoms with Gasteiger partial charge in [-0.15, -0.1) is 0 Å². The predicted octanol–water partition coefficient (Wildman–Crippen LogP) is 1.63. The number of piperidine rings is 1. The van der Waals surface area contributed by atoms with Crippen molar-refractivity contribution in [3.8, 4) is 0 Å². The van der Waals surface area contributed by atoms with E-state index in [2.05, 4.69) is 37.7 Å². The normalized spacial score (nSPS) is 21.4. The molecule has 1 heterocycles. The third kappa shape index (κ3) is 6.39. The number of rotatable bonds is 6. The Balaban J connectivity index is 2.18. The standard InChI is InChI=1S/C14H31N3/c1-12(2)9-14(15)11-17(4)10-13-5-7-16(3)8-6-13/h12-14H,5-11,15H2,1-4H3. The molecule has 1 aliphatic heterocycles. The van der Waals surface area contributed by atoms with Gasteiger partial charge in [-0.05, 0) is 58.3 Å². The van der Waals surface area contributed by atoms with Crippen LogP contribution in [0.25, 0.3) is 0 Å². The molecule has 0 spiro atoms. The van der Waals surface area contributed by atoms with Gasteiger partial charge in [0.15, 0.2) is 0 Å². The third-order valence-corrected chi connectivity index (χ3v) is 3.73. The maximum absolute atomic E-state index is 6.15. The van der Waals surface area contributed by atoms with Crippen LogP contribution in [-0.4, -0.2) is 56.1 Å². The summed E-state index contributed by atoms with van der Waals surface area (Å²) in [6, 6.07) is 0.339. The molecule has 0 amide bonds. The molecule has 0 aliphatic carbocycles. The van der Waals surface area contributed by atoms with E-state index in [-0.39, 0.29) is 0 Å². The van der Waals surface area contributed by atoms with Gasteiger partial charge in [0.1, 0.15) is 0 Å². The zero-order valence-electron chi connectivity index (χ0n) is 12.2. The Morgan fingerprint density at radius 2 is 1.88 bits per heavy atom. The van der Waals surface area contributed by atoms with Gasteiger partial charge in [0, 0.05) is 19.1 Å². The lowest BCUT2D eigenvalue weighted by molar-refractivity contribution is 0.170. The Morgan fingerprint density at radius 3 is 2.41 bits per heavy atom. The summed E-state index contributed by atoms with van der Waals surface area (Å²) in [6.45, 7) is 9.28. The van der Waals surface area contributed by atoms with E-state index in [1.807, 2.05) is 0 Å². The summed E-state index contributed by atoms with van der Waals surface area (Å²) < 4.78 is 0. The number of likely N-dealkylation sites (N-methyl/N-ethyl adjacent to an activating group) is 1. The molecule has 2 N–H and O–H groups in total. The fourth-order valence-corrected chi connectivity index (χ4v) is 2.84. The number of hydrogen-bond donors (Lipinski definition) is 1. The first-order valence-electron chi connectivity index (χ1n) is 7.10. The molecular formula is C14H31N3. The van der Waals surface area contributed by atoms with Crippen LogP contribution in [0.2, 0.25) is 0 Å². The molecule has 0 aromatic rings. The Hall–Kier alpha value is -0.120. The van der Waals surface area contributed by atoms with Crippen LogP contribution < -0.4 is 5.73 Å². The number of hydrogen-bond acceptors (Lipinski definition) is 3. The van der Waals surface area contributed by atoms with E-state index in [1.165, 1.54) is 32.5 Å². The second kappa shape index (κ2) is 7.34. The highest BCUT2D eigenvalue weighted by Crippen LogP contribution is 2.17. The first-order valence-corrected chi connectivity index (χ1v) is 7.10. The molecule has 3 heteroatoms. The lowest BCUT2D eigenvalue weighted by atomic mass is 9.96. The van der Waals surface area contributed by atoms with Crippen molar-refractivity contribution in [2.45, 2.75) is 39.2 Å². The molecule has 1 saturated heterocycles. The van der Waals surface area contributed by atoms with Crippen molar-refractivity contribution in [3.63, 3.8) is 0 Å². The van der Waals surface area contributed by atoms with E-state index in [1.54, 1.807) is 0 Å². The van der Waals surface area contributed by atoms with Crippen LogP contribution in [0.1, 0.15) is 33.1 Å². The molecule has 17 heavy (non-hydrogen) atoms. The summed E-state index contributed by atoms with van der Waals surface area (Å²) in [6.07, 6.45) is 3.83. The Kier molecular flexibility index (Phi) is 6.45. The van der Waals surface area contributed by atoms with Gasteiger partial charge in [0.2, 0.25) is 0 Å². The van der Waals surface area contributed by atoms with E-state index in [0.717, 1.165) is 18.9 Å². The lowest BCUT2D eigenvalue weighted by Gasteiger charge is -2.32. The molecule has 0 bridgehead atoms. The number of likely N-dealkylation sites (tertiary alicyclic amines) is 1. The van der Waals surface area contributed by atoms with Gasteiger partial charge in [0.25, 0.3) is 0 Å². The summed E-state index contributed by atoms with van der Waals surface area (Å²) in [4.78, 5) is 4.87. The van der Waals surface area contributed by atoms with Crippen LogP contribution in [0.3, 0.4) is 0 Å². The van der Waals surface area contributed by atoms with Crippen LogP contribution in [0.4, 0.5) is 0 Å². The molecule has 1 unspecified atom stereocenters. The average molecular weight is 241 g/mol. The van der Waals surface area contributed by atoms with Crippen LogP contribution in [0.5, 0.6) is 0 Å². The molecule has 1 rings (SSSR count). The topological polar surface area (TPSA) is 32.5 Å². The van der Waals surface area contributed by atoms with Gasteiger partial charge in [-0.1, -0.05) is 13.8 Å². The molecule has 102 valence electrons. The first-order chi connectivity index (χ1) is 7.97. The highest BCUT2D eigenvalue weighted by atomic mass is 15.1. The van der Waals surface area contributed by atoms with Crippen molar-refractivity contribution < 1.29 is 0 Å². The SMILES string of the molecule is CC(C)CC(N)CN(C)CC1CCN(C)CC1. The molecule has 0 radical (unpaired) electrons. The maximum Gasteiger partial charge on any atom is 0.0170 e. The van der Waals surface area contributed by atoms with Gasteiger partial charge < -0.3 is 15.5 Å². The fraction of sp³-hybridized carbons (Fsp3) is 1.00. The summed E-state index contributed by atoms with van der Waals surface area (Å²) in [5.74, 6) is 1.59. The summed E-state index contributed by atoms with van der Waals surface area (Å²) in [5.41, 5.74) is 6.15. The van der Waals surface area contributed by atoms with Gasteiger partial charge in [-0.3, -0.25) is 0 Å². The highest BCUT2D eigenvalue weighted by Gasteiger charge is 2.19. The second-order valence-corrected chi connectivity index (χ2v) is 6.36. The summed E-state index contributed by atoms with van der Waals surface area (Å²) >= 11 is 0. The molecular weight excluding hydrogens is 210 g/mol. The lowest BCUT2D eigenvalue weighted by Crippen LogP contribution is -2.40. The minimum absolute atomic E-state index is 0.339. The molecule has 0 aromatic carbocycles. The third-order valence-electron chi connectivity index (χ3n) is 3.73. The van der Waals surface area contributed by atoms with Crippen molar-refractivity contribution in [1.29, 1.82) is 0 Å². The minimum atomic E-state index is 0.339. The molecule has 1 aliphatic rings. The van der Waals surface area contributed by atoms with Gasteiger partial charge in [-0.2, -0.15) is 0 Å². The van der Waals surface area contributed by atoms with Crippen LogP contribution >= 0.6 is 0 Å². The maximum atomic E-state index is 6.15. The van der Waals surface area contributed by atoms with E-state index in [9.17, 15) is 0 Å². The van der Waals surface area contributed by atoms with Gasteiger partial charge >= 0.3 is 0 Å². The summed E-state index contributed by atoms with van der Waals surface area (Å²) in [7, 11) is 4.44. The van der Waals surface area contributed by atoms with Gasteiger partial charge in [0.05, 0.1) is 0 Å². The Morgan fingerprint density at radius 1 is 1.29 bits per heavy atom. The van der Waals surface area contributed by atoms with Gasteiger partial charge in [-0.25, -0.2) is 0 Å². The molecule has 1 fully saturated rings. The van der Waals surface area contributed by atoms with Crippen molar-refractivity contribution in [3.05, 3.63) is 0 Å². The Bertz CT molecular complexity index is 198. The predicted molar refractivity (Wildman–Crippen MR) is 75.1 cm³/mol. The average Bonchev–Trinajstić information content (AvgIpc) is 2.19. The largest absolute Gasteiger partial charge is 0.327 e. The summed E-state index contributed by atoms with van der Waals surface area (Å²) in [5, 5.41) is 0. The van der Waals surface area contributed by atoms with Crippen molar-refractivity contribution in [2.24, 2.45) is 17.6 Å². The number of nitrogens with zero attached hydrogens (tertiary/aromatic N) is 2. The van der Waals surface area contributed by atoms with Crippen LogP contribution in [-0.2, 0) is 0 Å². The van der Waals surface area contributed by atoms with Crippen LogP contribution in [0, 0.1) is 11.8 Å². The zero-order valence-corrected chi connectivity index (χ0v) is 12.2. The minimum Gasteiger partial charge on any atom is -0.327 e. The van der Waals surface area contributed by atoms with E-state index in [4.69, 9.17) is 5.73 Å². The van der Waals surface area contributed by atoms with Crippen LogP contribution in [0.15, 0.2) is 0 Å². The van der Waals surface area contributed by atoms with E-state index >= 15 is 0 Å². The van der Waals surface area contributed by atoms with Crippen molar-refractivity contribution >= 4 is 0 Å².